The van der Waals surface area contributed by atoms with Gasteiger partial charge in [0.05, 0.1) is 6.42 Å². The fourth-order valence-corrected chi connectivity index (χ4v) is 2.06. The van der Waals surface area contributed by atoms with E-state index in [4.69, 9.17) is 16.7 Å². The molecule has 5 heteroatoms. The Hall–Kier alpha value is -1.55. The van der Waals surface area contributed by atoms with E-state index >= 15 is 0 Å². The number of amides is 1. The van der Waals surface area contributed by atoms with Crippen LogP contribution in [0.25, 0.3) is 0 Å². The van der Waals surface area contributed by atoms with Crippen molar-refractivity contribution in [3.63, 3.8) is 0 Å². The molecule has 18 heavy (non-hydrogen) atoms. The van der Waals surface area contributed by atoms with E-state index in [1.807, 2.05) is 13.0 Å². The summed E-state index contributed by atoms with van der Waals surface area (Å²) in [6.45, 7) is 1.88. The quantitative estimate of drug-likeness (QED) is 0.862. The van der Waals surface area contributed by atoms with Gasteiger partial charge < -0.3 is 10.4 Å². The minimum atomic E-state index is -0.928. The van der Waals surface area contributed by atoms with Gasteiger partial charge in [0.15, 0.2) is 0 Å². The van der Waals surface area contributed by atoms with Crippen LogP contribution in [0.2, 0.25) is 5.02 Å². The number of hydrogen-bond acceptors (Lipinski definition) is 2. The molecule has 0 unspecified atom stereocenters. The number of carboxylic acid groups (broad SMARTS) is 1. The molecule has 2 N–H and O–H groups in total. The van der Waals surface area contributed by atoms with Crippen LogP contribution in [0.5, 0.6) is 0 Å². The first-order chi connectivity index (χ1) is 8.43. The minimum absolute atomic E-state index is 0.0887. The van der Waals surface area contributed by atoms with Crippen molar-refractivity contribution in [2.24, 2.45) is 0 Å². The second kappa shape index (κ2) is 6.40. The number of carbonyl (C=O) groups is 2. The first kappa shape index (κ1) is 14.5. The van der Waals surface area contributed by atoms with E-state index in [0.717, 1.165) is 11.1 Å². The standard InChI is InChI=1S/C13H16ClNO3/c1-8-3-4-10(14)7-11(8)9(6-13(17)18)5-12(16)15-2/h3-4,7,9H,5-6H2,1-2H3,(H,15,16)(H,17,18)/t9-/m1/s1. The van der Waals surface area contributed by atoms with Gasteiger partial charge in [-0.05, 0) is 30.2 Å². The van der Waals surface area contributed by atoms with E-state index < -0.39 is 5.97 Å². The molecule has 98 valence electrons. The third-order valence-corrected chi connectivity index (χ3v) is 3.05. The highest BCUT2D eigenvalue weighted by atomic mass is 35.5. The van der Waals surface area contributed by atoms with Gasteiger partial charge >= 0.3 is 5.97 Å². The van der Waals surface area contributed by atoms with Crippen LogP contribution in [-0.4, -0.2) is 24.0 Å². The highest BCUT2D eigenvalue weighted by Gasteiger charge is 2.20. The summed E-state index contributed by atoms with van der Waals surface area (Å²) in [5.41, 5.74) is 1.75. The Morgan fingerprint density at radius 1 is 1.39 bits per heavy atom. The summed E-state index contributed by atoms with van der Waals surface area (Å²) in [5, 5.41) is 12.0. The maximum absolute atomic E-state index is 11.4. The van der Waals surface area contributed by atoms with Gasteiger partial charge in [0.1, 0.15) is 0 Å². The molecule has 1 aromatic rings. The van der Waals surface area contributed by atoms with E-state index in [1.54, 1.807) is 12.1 Å². The number of nitrogens with one attached hydrogen (secondary N) is 1. The van der Waals surface area contributed by atoms with Crippen molar-refractivity contribution < 1.29 is 14.7 Å². The third kappa shape index (κ3) is 4.04. The second-order valence-electron chi connectivity index (χ2n) is 4.17. The van der Waals surface area contributed by atoms with Crippen LogP contribution >= 0.6 is 11.6 Å². The summed E-state index contributed by atoms with van der Waals surface area (Å²) in [7, 11) is 1.53. The highest BCUT2D eigenvalue weighted by Crippen LogP contribution is 2.28. The van der Waals surface area contributed by atoms with Gasteiger partial charge in [-0.25, -0.2) is 0 Å². The molecule has 4 nitrogen and oxygen atoms in total. The molecule has 0 heterocycles. The fraction of sp³-hybridized carbons (Fsp3) is 0.385. The number of halogens is 1. The number of hydrogen-bond donors (Lipinski definition) is 2. The number of rotatable bonds is 5. The molecule has 1 atom stereocenters. The number of carboxylic acids is 1. The zero-order valence-electron chi connectivity index (χ0n) is 10.4. The maximum atomic E-state index is 11.4. The third-order valence-electron chi connectivity index (χ3n) is 2.81. The SMILES string of the molecule is CNC(=O)C[C@H](CC(=O)O)c1cc(Cl)ccc1C. The largest absolute Gasteiger partial charge is 0.481 e. The summed E-state index contributed by atoms with van der Waals surface area (Å²) in [6, 6.07) is 5.31. The zero-order chi connectivity index (χ0) is 13.7. The molecular weight excluding hydrogens is 254 g/mol. The topological polar surface area (TPSA) is 66.4 Å². The molecule has 1 rings (SSSR count). The van der Waals surface area contributed by atoms with Gasteiger partial charge in [0.2, 0.25) is 5.91 Å². The molecule has 0 aromatic heterocycles. The number of carbonyl (C=O) groups excluding carboxylic acids is 1. The van der Waals surface area contributed by atoms with Gasteiger partial charge in [-0.3, -0.25) is 9.59 Å². The highest BCUT2D eigenvalue weighted by molar-refractivity contribution is 6.30. The molecule has 0 fully saturated rings. The van der Waals surface area contributed by atoms with Gasteiger partial charge in [0, 0.05) is 24.4 Å². The smallest absolute Gasteiger partial charge is 0.303 e. The lowest BCUT2D eigenvalue weighted by molar-refractivity contribution is -0.137. The Morgan fingerprint density at radius 3 is 2.61 bits per heavy atom. The van der Waals surface area contributed by atoms with E-state index in [0.29, 0.717) is 5.02 Å². The van der Waals surface area contributed by atoms with Crippen molar-refractivity contribution in [2.75, 3.05) is 7.05 Å². The second-order valence-corrected chi connectivity index (χ2v) is 4.61. The summed E-state index contributed by atoms with van der Waals surface area (Å²) >= 11 is 5.92. The lowest BCUT2D eigenvalue weighted by Gasteiger charge is -2.17. The molecule has 1 amide bonds. The predicted molar refractivity (Wildman–Crippen MR) is 69.9 cm³/mol. The number of benzene rings is 1. The van der Waals surface area contributed by atoms with Crippen molar-refractivity contribution in [2.45, 2.75) is 25.7 Å². The molecule has 0 saturated carbocycles. The van der Waals surface area contributed by atoms with Crippen molar-refractivity contribution >= 4 is 23.5 Å². The molecule has 0 aliphatic carbocycles. The van der Waals surface area contributed by atoms with E-state index in [9.17, 15) is 9.59 Å². The summed E-state index contributed by atoms with van der Waals surface area (Å²) in [4.78, 5) is 22.3. The monoisotopic (exact) mass is 269 g/mol. The van der Waals surface area contributed by atoms with Crippen LogP contribution in [0.3, 0.4) is 0 Å². The minimum Gasteiger partial charge on any atom is -0.481 e. The lowest BCUT2D eigenvalue weighted by atomic mass is 9.89. The van der Waals surface area contributed by atoms with Gasteiger partial charge in [-0.2, -0.15) is 0 Å². The van der Waals surface area contributed by atoms with Crippen molar-refractivity contribution in [1.29, 1.82) is 0 Å². The Kier molecular flexibility index (Phi) is 5.16. The van der Waals surface area contributed by atoms with Gasteiger partial charge in [0.25, 0.3) is 0 Å². The molecule has 0 radical (unpaired) electrons. The molecule has 0 spiro atoms. The molecule has 0 saturated heterocycles. The van der Waals surface area contributed by atoms with Crippen LogP contribution in [0.4, 0.5) is 0 Å². The van der Waals surface area contributed by atoms with E-state index in [2.05, 4.69) is 5.32 Å². The van der Waals surface area contributed by atoms with Crippen LogP contribution in [0.15, 0.2) is 18.2 Å². The molecule has 0 aliphatic rings. The van der Waals surface area contributed by atoms with Crippen molar-refractivity contribution in [3.8, 4) is 0 Å². The molecule has 1 aromatic carbocycles. The van der Waals surface area contributed by atoms with Crippen LogP contribution in [0, 0.1) is 6.92 Å². The van der Waals surface area contributed by atoms with Gasteiger partial charge in [-0.15, -0.1) is 0 Å². The Bertz CT molecular complexity index is 460. The van der Waals surface area contributed by atoms with Crippen LogP contribution in [0.1, 0.15) is 29.9 Å². The average molecular weight is 270 g/mol. The van der Waals surface area contributed by atoms with Gasteiger partial charge in [-0.1, -0.05) is 17.7 Å². The summed E-state index contributed by atoms with van der Waals surface area (Å²) < 4.78 is 0. The van der Waals surface area contributed by atoms with E-state index in [1.165, 1.54) is 7.05 Å². The number of aryl methyl sites for hydroxylation is 1. The first-order valence-corrected chi connectivity index (χ1v) is 6.00. The lowest BCUT2D eigenvalue weighted by Crippen LogP contribution is -2.22. The maximum Gasteiger partial charge on any atom is 0.303 e. The summed E-state index contributed by atoms with van der Waals surface area (Å²) in [5.74, 6) is -1.47. The zero-order valence-corrected chi connectivity index (χ0v) is 11.1. The molecule has 0 aliphatic heterocycles. The van der Waals surface area contributed by atoms with Crippen LogP contribution < -0.4 is 5.32 Å². The predicted octanol–water partition coefficient (Wildman–Crippen LogP) is 2.34. The Balaban J connectivity index is 3.04. The Morgan fingerprint density at radius 2 is 2.06 bits per heavy atom. The van der Waals surface area contributed by atoms with Crippen molar-refractivity contribution in [1.82, 2.24) is 5.32 Å². The van der Waals surface area contributed by atoms with Crippen LogP contribution in [-0.2, 0) is 9.59 Å². The Labute approximate surface area is 111 Å². The molecule has 0 bridgehead atoms. The van der Waals surface area contributed by atoms with Crippen molar-refractivity contribution in [3.05, 3.63) is 34.3 Å². The number of aliphatic carboxylic acids is 1. The molecular formula is C13H16ClNO3. The fourth-order valence-electron chi connectivity index (χ4n) is 1.88. The normalized spacial score (nSPS) is 11.9. The first-order valence-electron chi connectivity index (χ1n) is 5.62. The average Bonchev–Trinajstić information content (AvgIpc) is 2.30. The van der Waals surface area contributed by atoms with E-state index in [-0.39, 0.29) is 24.7 Å². The summed E-state index contributed by atoms with van der Waals surface area (Å²) in [6.07, 6.45) is 0.0542.